The van der Waals surface area contributed by atoms with Gasteiger partial charge in [0.1, 0.15) is 0 Å². The van der Waals surface area contributed by atoms with E-state index in [0.717, 1.165) is 6.54 Å². The molecule has 5 nitrogen and oxygen atoms in total. The number of carbonyl (C=O) groups excluding carboxylic acids is 1. The highest BCUT2D eigenvalue weighted by atomic mass is 16.4. The second kappa shape index (κ2) is 5.16. The zero-order valence-electron chi connectivity index (χ0n) is 10.9. The molecule has 2 N–H and O–H groups in total. The first-order chi connectivity index (χ1) is 8.50. The van der Waals surface area contributed by atoms with Gasteiger partial charge in [-0.05, 0) is 31.1 Å². The van der Waals surface area contributed by atoms with Gasteiger partial charge in [0, 0.05) is 25.6 Å². The van der Waals surface area contributed by atoms with E-state index in [4.69, 9.17) is 5.11 Å². The molecule has 0 bridgehead atoms. The minimum atomic E-state index is -0.879. The molecule has 0 unspecified atom stereocenters. The van der Waals surface area contributed by atoms with Gasteiger partial charge in [-0.3, -0.25) is 4.79 Å². The van der Waals surface area contributed by atoms with Gasteiger partial charge in [-0.15, -0.1) is 0 Å². The average Bonchev–Trinajstić information content (AvgIpc) is 2.33. The van der Waals surface area contributed by atoms with Crippen molar-refractivity contribution in [2.24, 2.45) is 11.3 Å². The first kappa shape index (κ1) is 13.2. The van der Waals surface area contributed by atoms with E-state index in [1.54, 1.807) is 0 Å². The molecule has 1 saturated heterocycles. The minimum absolute atomic E-state index is 0.00993. The van der Waals surface area contributed by atoms with E-state index in [0.29, 0.717) is 31.3 Å². The lowest BCUT2D eigenvalue weighted by Crippen LogP contribution is -2.45. The van der Waals surface area contributed by atoms with Gasteiger partial charge in [-0.25, -0.2) is 4.79 Å². The van der Waals surface area contributed by atoms with Gasteiger partial charge in [0.05, 0.1) is 0 Å². The number of likely N-dealkylation sites (tertiary alicyclic amines) is 1. The standard InChI is InChI=1S/C13H22N2O3/c1-13(5-2-6-13)9-14-11(16)10-3-7-15(8-4-10)12(17)18/h10H,2-9H2,1H3,(H,14,16)(H,17,18). The van der Waals surface area contributed by atoms with Crippen molar-refractivity contribution in [3.05, 3.63) is 0 Å². The zero-order valence-corrected chi connectivity index (χ0v) is 10.9. The molecule has 2 rings (SSSR count). The third kappa shape index (κ3) is 2.94. The number of hydrogen-bond acceptors (Lipinski definition) is 2. The van der Waals surface area contributed by atoms with E-state index < -0.39 is 6.09 Å². The van der Waals surface area contributed by atoms with Gasteiger partial charge in [0.25, 0.3) is 0 Å². The Labute approximate surface area is 108 Å². The van der Waals surface area contributed by atoms with Crippen LogP contribution in [-0.2, 0) is 4.79 Å². The van der Waals surface area contributed by atoms with Crippen LogP contribution in [0.5, 0.6) is 0 Å². The number of carboxylic acid groups (broad SMARTS) is 1. The van der Waals surface area contributed by atoms with Gasteiger partial charge in [-0.2, -0.15) is 0 Å². The molecule has 18 heavy (non-hydrogen) atoms. The Bertz CT molecular complexity index is 331. The van der Waals surface area contributed by atoms with Crippen molar-refractivity contribution in [1.82, 2.24) is 10.2 Å². The fourth-order valence-corrected chi connectivity index (χ4v) is 2.73. The highest BCUT2D eigenvalue weighted by Crippen LogP contribution is 2.39. The van der Waals surface area contributed by atoms with E-state index >= 15 is 0 Å². The quantitative estimate of drug-likeness (QED) is 0.805. The van der Waals surface area contributed by atoms with Crippen LogP contribution in [0.3, 0.4) is 0 Å². The van der Waals surface area contributed by atoms with Crippen molar-refractivity contribution in [1.29, 1.82) is 0 Å². The van der Waals surface area contributed by atoms with Crippen molar-refractivity contribution >= 4 is 12.0 Å². The lowest BCUT2D eigenvalue weighted by atomic mass is 9.70. The van der Waals surface area contributed by atoms with Crippen LogP contribution in [0.25, 0.3) is 0 Å². The highest BCUT2D eigenvalue weighted by Gasteiger charge is 2.33. The minimum Gasteiger partial charge on any atom is -0.465 e. The van der Waals surface area contributed by atoms with Crippen LogP contribution in [0.15, 0.2) is 0 Å². The van der Waals surface area contributed by atoms with Crippen molar-refractivity contribution in [2.45, 2.75) is 39.0 Å². The molecule has 0 aromatic carbocycles. The number of nitrogens with one attached hydrogen (secondary N) is 1. The molecule has 2 amide bonds. The summed E-state index contributed by atoms with van der Waals surface area (Å²) in [5, 5.41) is 11.9. The maximum Gasteiger partial charge on any atom is 0.407 e. The second-order valence-electron chi connectivity index (χ2n) is 5.93. The molecule has 1 aliphatic heterocycles. The third-order valence-electron chi connectivity index (χ3n) is 4.39. The largest absolute Gasteiger partial charge is 0.465 e. The zero-order chi connectivity index (χ0) is 13.2. The predicted octanol–water partition coefficient (Wildman–Crippen LogP) is 1.68. The molecular formula is C13H22N2O3. The molecule has 0 spiro atoms. The van der Waals surface area contributed by atoms with Gasteiger partial charge >= 0.3 is 6.09 Å². The summed E-state index contributed by atoms with van der Waals surface area (Å²) in [6, 6.07) is 0. The number of piperidine rings is 1. The maximum absolute atomic E-state index is 12.0. The maximum atomic E-state index is 12.0. The first-order valence-electron chi connectivity index (χ1n) is 6.76. The summed E-state index contributed by atoms with van der Waals surface area (Å²) < 4.78 is 0. The summed E-state index contributed by atoms with van der Waals surface area (Å²) in [5.74, 6) is 0.0949. The Balaban J connectivity index is 1.72. The molecule has 1 heterocycles. The Morgan fingerprint density at radius 2 is 1.94 bits per heavy atom. The fourth-order valence-electron chi connectivity index (χ4n) is 2.73. The molecule has 2 aliphatic rings. The number of carbonyl (C=O) groups is 2. The molecule has 1 saturated carbocycles. The molecule has 0 aromatic heterocycles. The van der Waals surface area contributed by atoms with Crippen LogP contribution in [0.4, 0.5) is 4.79 Å². The molecule has 0 atom stereocenters. The van der Waals surface area contributed by atoms with E-state index in [9.17, 15) is 9.59 Å². The molecule has 2 fully saturated rings. The van der Waals surface area contributed by atoms with Crippen molar-refractivity contribution in [3.63, 3.8) is 0 Å². The normalized spacial score (nSPS) is 23.3. The Morgan fingerprint density at radius 3 is 2.39 bits per heavy atom. The molecular weight excluding hydrogens is 232 g/mol. The summed E-state index contributed by atoms with van der Waals surface area (Å²) >= 11 is 0. The van der Waals surface area contributed by atoms with Gasteiger partial charge < -0.3 is 15.3 Å². The summed E-state index contributed by atoms with van der Waals surface area (Å²) in [6.45, 7) is 3.93. The lowest BCUT2D eigenvalue weighted by Gasteiger charge is -2.39. The Morgan fingerprint density at radius 1 is 1.33 bits per heavy atom. The summed E-state index contributed by atoms with van der Waals surface area (Å²) in [7, 11) is 0. The molecule has 102 valence electrons. The third-order valence-corrected chi connectivity index (χ3v) is 4.39. The predicted molar refractivity (Wildman–Crippen MR) is 67.3 cm³/mol. The van der Waals surface area contributed by atoms with Crippen molar-refractivity contribution in [3.8, 4) is 0 Å². The molecule has 0 aromatic rings. The van der Waals surface area contributed by atoms with E-state index in [-0.39, 0.29) is 11.8 Å². The van der Waals surface area contributed by atoms with Crippen LogP contribution in [0, 0.1) is 11.3 Å². The van der Waals surface area contributed by atoms with Gasteiger partial charge in [0.2, 0.25) is 5.91 Å². The Hall–Kier alpha value is -1.26. The van der Waals surface area contributed by atoms with Gasteiger partial charge in [-0.1, -0.05) is 13.3 Å². The molecule has 1 aliphatic carbocycles. The van der Waals surface area contributed by atoms with E-state index in [1.807, 2.05) is 0 Å². The number of amides is 2. The first-order valence-corrected chi connectivity index (χ1v) is 6.76. The van der Waals surface area contributed by atoms with Crippen LogP contribution in [0.1, 0.15) is 39.0 Å². The van der Waals surface area contributed by atoms with Crippen LogP contribution in [0.2, 0.25) is 0 Å². The number of rotatable bonds is 3. The van der Waals surface area contributed by atoms with Crippen LogP contribution < -0.4 is 5.32 Å². The Kier molecular flexibility index (Phi) is 3.78. The molecule has 0 radical (unpaired) electrons. The summed E-state index contributed by atoms with van der Waals surface area (Å²) in [6.07, 6.45) is 4.08. The lowest BCUT2D eigenvalue weighted by molar-refractivity contribution is -0.127. The van der Waals surface area contributed by atoms with Gasteiger partial charge in [0.15, 0.2) is 0 Å². The van der Waals surface area contributed by atoms with Crippen LogP contribution >= 0.6 is 0 Å². The van der Waals surface area contributed by atoms with Crippen LogP contribution in [-0.4, -0.2) is 41.6 Å². The summed E-state index contributed by atoms with van der Waals surface area (Å²) in [4.78, 5) is 24.1. The molecule has 5 heteroatoms. The average molecular weight is 254 g/mol. The van der Waals surface area contributed by atoms with E-state index in [1.165, 1.54) is 24.2 Å². The fraction of sp³-hybridized carbons (Fsp3) is 0.846. The second-order valence-corrected chi connectivity index (χ2v) is 5.93. The number of nitrogens with zero attached hydrogens (tertiary/aromatic N) is 1. The topological polar surface area (TPSA) is 69.6 Å². The number of hydrogen-bond donors (Lipinski definition) is 2. The smallest absolute Gasteiger partial charge is 0.407 e. The van der Waals surface area contributed by atoms with Crippen molar-refractivity contribution < 1.29 is 14.7 Å². The van der Waals surface area contributed by atoms with E-state index in [2.05, 4.69) is 12.2 Å². The summed E-state index contributed by atoms with van der Waals surface area (Å²) in [5.41, 5.74) is 0.303. The SMILES string of the molecule is CC1(CNC(=O)C2CCN(C(=O)O)CC2)CCC1. The van der Waals surface area contributed by atoms with Crippen molar-refractivity contribution in [2.75, 3.05) is 19.6 Å². The highest BCUT2D eigenvalue weighted by molar-refractivity contribution is 5.79. The monoisotopic (exact) mass is 254 g/mol.